The van der Waals surface area contributed by atoms with Gasteiger partial charge in [-0.1, -0.05) is 12.0 Å². The number of allylic oxidation sites excluding steroid dienone is 7. The van der Waals surface area contributed by atoms with E-state index in [4.69, 9.17) is 4.74 Å². The van der Waals surface area contributed by atoms with Crippen LogP contribution in [-0.4, -0.2) is 33.2 Å². The fourth-order valence-electron chi connectivity index (χ4n) is 2.95. The topological polar surface area (TPSA) is 36.9 Å². The largest absolute Gasteiger partial charge is 0.458 e. The standard InChI is InChI=1S/C25H26FN3O/c1-18(26)16-20-17-21(28-25(20)27-2)10-8-19-6-5-7-23(13-9-19)30-24-14-11-22(12-15-24)29(3)4/h6-7,9,11-18H,5H2,1-4H3,(H,27,28)/b20-16-. The van der Waals surface area contributed by atoms with Crippen LogP contribution < -0.4 is 15.0 Å². The fraction of sp³-hybridized carbons (Fsp3) is 0.240. The molecule has 0 amide bonds. The highest BCUT2D eigenvalue weighted by Crippen LogP contribution is 2.21. The molecular formula is C25H26FN3O. The van der Waals surface area contributed by atoms with Gasteiger partial charge in [0.25, 0.3) is 0 Å². The molecule has 0 fully saturated rings. The van der Waals surface area contributed by atoms with E-state index < -0.39 is 6.17 Å². The molecule has 1 atom stereocenters. The molecule has 1 heterocycles. The number of ether oxygens (including phenoxy) is 1. The molecule has 1 aromatic carbocycles. The first-order chi connectivity index (χ1) is 14.4. The number of anilines is 1. The lowest BCUT2D eigenvalue weighted by atomic mass is 10.2. The maximum atomic E-state index is 13.3. The number of alkyl halides is 1. The van der Waals surface area contributed by atoms with Gasteiger partial charge in [-0.3, -0.25) is 4.99 Å². The second-order valence-electron chi connectivity index (χ2n) is 7.13. The van der Waals surface area contributed by atoms with Crippen LogP contribution in [0.25, 0.3) is 0 Å². The Morgan fingerprint density at radius 2 is 1.93 bits per heavy atom. The third kappa shape index (κ3) is 5.74. The molecule has 1 aliphatic heterocycles. The Morgan fingerprint density at radius 3 is 2.60 bits per heavy atom. The molecule has 0 aromatic heterocycles. The van der Waals surface area contributed by atoms with Crippen molar-refractivity contribution in [1.29, 1.82) is 0 Å². The molecule has 1 unspecified atom stereocenters. The zero-order chi connectivity index (χ0) is 21.5. The van der Waals surface area contributed by atoms with Crippen LogP contribution in [0.3, 0.4) is 0 Å². The summed E-state index contributed by atoms with van der Waals surface area (Å²) < 4.78 is 19.3. The Bertz CT molecular complexity index is 1030. The smallest absolute Gasteiger partial charge is 0.132 e. The van der Waals surface area contributed by atoms with Crippen LogP contribution in [0.2, 0.25) is 0 Å². The van der Waals surface area contributed by atoms with Gasteiger partial charge in [-0.25, -0.2) is 4.39 Å². The lowest BCUT2D eigenvalue weighted by Gasteiger charge is -2.13. The van der Waals surface area contributed by atoms with Crippen molar-refractivity contribution in [3.63, 3.8) is 0 Å². The highest BCUT2D eigenvalue weighted by molar-refractivity contribution is 6.05. The Labute approximate surface area is 177 Å². The van der Waals surface area contributed by atoms with Crippen LogP contribution in [0.4, 0.5) is 10.1 Å². The van der Waals surface area contributed by atoms with Crippen molar-refractivity contribution in [2.24, 2.45) is 4.99 Å². The van der Waals surface area contributed by atoms with E-state index in [-0.39, 0.29) is 0 Å². The van der Waals surface area contributed by atoms with Crippen molar-refractivity contribution in [3.05, 3.63) is 83.3 Å². The van der Waals surface area contributed by atoms with E-state index in [9.17, 15) is 4.39 Å². The maximum Gasteiger partial charge on any atom is 0.132 e. The number of nitrogens with zero attached hydrogens (tertiary/aromatic N) is 2. The molecule has 30 heavy (non-hydrogen) atoms. The van der Waals surface area contributed by atoms with Crippen molar-refractivity contribution in [1.82, 2.24) is 5.32 Å². The Kier molecular flexibility index (Phi) is 6.92. The second kappa shape index (κ2) is 9.80. The summed E-state index contributed by atoms with van der Waals surface area (Å²) >= 11 is 0. The summed E-state index contributed by atoms with van der Waals surface area (Å²) in [5, 5.41) is 3.12. The summed E-state index contributed by atoms with van der Waals surface area (Å²) in [5.41, 5.74) is 3.44. The Morgan fingerprint density at radius 1 is 1.17 bits per heavy atom. The van der Waals surface area contributed by atoms with Crippen LogP contribution in [-0.2, 0) is 0 Å². The number of halogens is 1. The van der Waals surface area contributed by atoms with Crippen molar-refractivity contribution in [2.45, 2.75) is 19.5 Å². The summed E-state index contributed by atoms with van der Waals surface area (Å²) in [6.07, 6.45) is 10.9. The number of amidine groups is 1. The summed E-state index contributed by atoms with van der Waals surface area (Å²) in [5.74, 6) is 8.45. The lowest BCUT2D eigenvalue weighted by molar-refractivity contribution is 0.430. The number of aliphatic imine (C=N–C) groups is 1. The van der Waals surface area contributed by atoms with E-state index in [1.54, 1.807) is 7.05 Å². The van der Waals surface area contributed by atoms with Crippen LogP contribution in [0, 0.1) is 11.8 Å². The van der Waals surface area contributed by atoms with Gasteiger partial charge in [0.1, 0.15) is 23.5 Å². The molecule has 1 N–H and O–H groups in total. The molecule has 0 saturated heterocycles. The summed E-state index contributed by atoms with van der Waals surface area (Å²) in [6.45, 7) is 1.49. The first kappa shape index (κ1) is 21.2. The average molecular weight is 404 g/mol. The molecule has 1 aromatic rings. The highest BCUT2D eigenvalue weighted by Gasteiger charge is 2.15. The van der Waals surface area contributed by atoms with Gasteiger partial charge in [-0.15, -0.1) is 0 Å². The van der Waals surface area contributed by atoms with Crippen molar-refractivity contribution in [3.8, 4) is 17.6 Å². The number of hydrogen-bond donors (Lipinski definition) is 1. The molecule has 1 aliphatic carbocycles. The molecular weight excluding hydrogens is 377 g/mol. The monoisotopic (exact) mass is 403 g/mol. The predicted octanol–water partition coefficient (Wildman–Crippen LogP) is 4.70. The first-order valence-electron chi connectivity index (χ1n) is 9.82. The van der Waals surface area contributed by atoms with Crippen molar-refractivity contribution < 1.29 is 9.13 Å². The average Bonchev–Trinajstić information content (AvgIpc) is 2.96. The van der Waals surface area contributed by atoms with Crippen LogP contribution in [0.5, 0.6) is 5.75 Å². The van der Waals surface area contributed by atoms with Crippen molar-refractivity contribution >= 4 is 11.5 Å². The van der Waals surface area contributed by atoms with Gasteiger partial charge in [-0.2, -0.15) is 0 Å². The fourth-order valence-corrected chi connectivity index (χ4v) is 2.95. The molecule has 0 saturated carbocycles. The molecule has 5 heteroatoms. The molecule has 0 spiro atoms. The molecule has 0 radical (unpaired) electrons. The predicted molar refractivity (Wildman–Crippen MR) is 122 cm³/mol. The van der Waals surface area contributed by atoms with E-state index in [1.807, 2.05) is 73.6 Å². The normalized spacial score (nSPS) is 19.2. The maximum absolute atomic E-state index is 13.3. The van der Waals surface area contributed by atoms with Gasteiger partial charge in [-0.05, 0) is 73.9 Å². The number of hydrogen-bond acceptors (Lipinski definition) is 3. The van der Waals surface area contributed by atoms with E-state index in [2.05, 4.69) is 22.2 Å². The summed E-state index contributed by atoms with van der Waals surface area (Å²) in [6, 6.07) is 7.96. The van der Waals surface area contributed by atoms with Crippen LogP contribution in [0.1, 0.15) is 13.3 Å². The van der Waals surface area contributed by atoms with Crippen molar-refractivity contribution in [2.75, 3.05) is 26.0 Å². The SMILES string of the molecule is CN=C1NC(C#CC2=CCC=C(Oc3ccc(N(C)C)cc3)C=C2)=C/C1=C/C(C)F. The van der Waals surface area contributed by atoms with E-state index in [0.29, 0.717) is 11.5 Å². The molecule has 154 valence electrons. The van der Waals surface area contributed by atoms with E-state index >= 15 is 0 Å². The van der Waals surface area contributed by atoms with E-state index in [0.717, 1.165) is 34.8 Å². The lowest BCUT2D eigenvalue weighted by Crippen LogP contribution is -2.17. The van der Waals surface area contributed by atoms with Gasteiger partial charge >= 0.3 is 0 Å². The molecule has 4 nitrogen and oxygen atoms in total. The minimum absolute atomic E-state index is 0.631. The molecule has 2 aliphatic rings. The molecule has 0 bridgehead atoms. The van der Waals surface area contributed by atoms with Gasteiger partial charge in [0.15, 0.2) is 0 Å². The van der Waals surface area contributed by atoms with E-state index in [1.165, 1.54) is 13.0 Å². The van der Waals surface area contributed by atoms with Gasteiger partial charge in [0, 0.05) is 38.0 Å². The number of rotatable bonds is 4. The van der Waals surface area contributed by atoms with Crippen LogP contribution >= 0.6 is 0 Å². The number of nitrogens with one attached hydrogen (secondary N) is 1. The van der Waals surface area contributed by atoms with Gasteiger partial charge in [0.2, 0.25) is 0 Å². The third-order valence-electron chi connectivity index (χ3n) is 4.47. The highest BCUT2D eigenvalue weighted by atomic mass is 19.1. The molecule has 3 rings (SSSR count). The first-order valence-corrected chi connectivity index (χ1v) is 9.82. The summed E-state index contributed by atoms with van der Waals surface area (Å²) in [4.78, 5) is 6.19. The third-order valence-corrected chi connectivity index (χ3v) is 4.47. The number of benzene rings is 1. The van der Waals surface area contributed by atoms with Gasteiger partial charge < -0.3 is 15.0 Å². The Balaban J connectivity index is 1.65. The quantitative estimate of drug-likeness (QED) is 0.740. The second-order valence-corrected chi connectivity index (χ2v) is 7.13. The zero-order valence-electron chi connectivity index (χ0n) is 17.7. The summed E-state index contributed by atoms with van der Waals surface area (Å²) in [7, 11) is 5.68. The Hall–Kier alpha value is -3.52. The zero-order valence-corrected chi connectivity index (χ0v) is 17.7. The van der Waals surface area contributed by atoms with Crippen LogP contribution in [0.15, 0.2) is 88.3 Å². The minimum atomic E-state index is -1.04. The minimum Gasteiger partial charge on any atom is -0.458 e. The van der Waals surface area contributed by atoms with Gasteiger partial charge in [0.05, 0.1) is 5.70 Å².